The molecule has 1 amide bonds. The smallest absolute Gasteiger partial charge is 0.322 e. The van der Waals surface area contributed by atoms with E-state index in [2.05, 4.69) is 10.3 Å². The first-order valence-corrected chi connectivity index (χ1v) is 9.13. The molecule has 1 aromatic heterocycles. The predicted octanol–water partition coefficient (Wildman–Crippen LogP) is 3.21. The molecule has 2 aromatic rings. The number of alkyl halides is 3. The van der Waals surface area contributed by atoms with Crippen molar-refractivity contribution in [3.05, 3.63) is 58.9 Å². The second-order valence-electron chi connectivity index (χ2n) is 5.57. The number of halogens is 3. The molecule has 1 heterocycles. The molecule has 134 valence electrons. The maximum Gasteiger partial charge on any atom is 0.417 e. The van der Waals surface area contributed by atoms with Crippen LogP contribution in [0.25, 0.3) is 0 Å². The maximum atomic E-state index is 12.7. The van der Waals surface area contributed by atoms with Crippen molar-refractivity contribution in [3.8, 4) is 0 Å². The number of amides is 1. The summed E-state index contributed by atoms with van der Waals surface area (Å²) in [6.45, 7) is 1.63. The highest BCUT2D eigenvalue weighted by Gasteiger charge is 2.31. The number of hydrogen-bond donors (Lipinski definition) is 1. The van der Waals surface area contributed by atoms with Crippen LogP contribution in [0.4, 0.5) is 18.9 Å². The zero-order chi connectivity index (χ0) is 18.8. The van der Waals surface area contributed by atoms with Crippen molar-refractivity contribution in [2.75, 3.05) is 11.6 Å². The van der Waals surface area contributed by atoms with Crippen molar-refractivity contribution < 1.29 is 26.4 Å². The average molecular weight is 372 g/mol. The van der Waals surface area contributed by atoms with Crippen LogP contribution < -0.4 is 5.32 Å². The Balaban J connectivity index is 2.29. The summed E-state index contributed by atoms with van der Waals surface area (Å²) >= 11 is 0. The molecule has 0 saturated heterocycles. The fraction of sp³-hybridized carbons (Fsp3) is 0.250. The van der Waals surface area contributed by atoms with Crippen molar-refractivity contribution >= 4 is 21.4 Å². The maximum absolute atomic E-state index is 12.7. The van der Waals surface area contributed by atoms with Crippen LogP contribution in [-0.4, -0.2) is 25.6 Å². The third-order valence-corrected chi connectivity index (χ3v) is 4.28. The number of benzene rings is 1. The molecule has 0 unspecified atom stereocenters. The monoisotopic (exact) mass is 372 g/mol. The van der Waals surface area contributed by atoms with E-state index in [0.29, 0.717) is 29.1 Å². The van der Waals surface area contributed by atoms with Gasteiger partial charge in [-0.25, -0.2) is 8.42 Å². The zero-order valence-electron chi connectivity index (χ0n) is 13.4. The Morgan fingerprint density at radius 1 is 1.24 bits per heavy atom. The summed E-state index contributed by atoms with van der Waals surface area (Å²) in [5.41, 5.74) is 0.0812. The van der Waals surface area contributed by atoms with Crippen LogP contribution in [-0.2, 0) is 21.8 Å². The summed E-state index contributed by atoms with van der Waals surface area (Å²) in [6.07, 6.45) is -1.85. The Morgan fingerprint density at radius 2 is 1.92 bits per heavy atom. The highest BCUT2D eigenvalue weighted by atomic mass is 32.2. The van der Waals surface area contributed by atoms with Gasteiger partial charge in [0.25, 0.3) is 5.91 Å². The number of rotatable bonds is 4. The van der Waals surface area contributed by atoms with Crippen molar-refractivity contribution in [2.24, 2.45) is 0 Å². The average Bonchev–Trinajstić information content (AvgIpc) is 2.49. The number of carbonyl (C=O) groups excluding carboxylic acids is 1. The third kappa shape index (κ3) is 5.02. The van der Waals surface area contributed by atoms with Gasteiger partial charge < -0.3 is 5.32 Å². The number of nitrogens with zero attached hydrogens (tertiary/aromatic N) is 1. The fourth-order valence-corrected chi connectivity index (χ4v) is 3.05. The molecule has 0 aliphatic carbocycles. The zero-order valence-corrected chi connectivity index (χ0v) is 14.2. The van der Waals surface area contributed by atoms with Crippen LogP contribution in [0, 0.1) is 6.92 Å². The van der Waals surface area contributed by atoms with Crippen LogP contribution >= 0.6 is 0 Å². The lowest BCUT2D eigenvalue weighted by atomic mass is 10.1. The summed E-state index contributed by atoms with van der Waals surface area (Å²) in [4.78, 5) is 15.6. The molecule has 0 spiro atoms. The van der Waals surface area contributed by atoms with Crippen LogP contribution in [0.15, 0.2) is 36.7 Å². The molecule has 0 atom stereocenters. The summed E-state index contributed by atoms with van der Waals surface area (Å²) in [5, 5.41) is 2.49. The molecule has 0 fully saturated rings. The van der Waals surface area contributed by atoms with E-state index in [9.17, 15) is 26.4 Å². The van der Waals surface area contributed by atoms with E-state index in [1.807, 2.05) is 0 Å². The number of anilines is 1. The molecular formula is C16H15F3N2O3S. The van der Waals surface area contributed by atoms with E-state index in [1.54, 1.807) is 25.1 Å². The van der Waals surface area contributed by atoms with E-state index in [-0.39, 0.29) is 11.3 Å². The van der Waals surface area contributed by atoms with Gasteiger partial charge in [-0.1, -0.05) is 12.1 Å². The molecule has 0 bridgehead atoms. The lowest BCUT2D eigenvalue weighted by molar-refractivity contribution is -0.137. The molecule has 0 aliphatic heterocycles. The Hall–Kier alpha value is -2.42. The summed E-state index contributed by atoms with van der Waals surface area (Å²) in [5.74, 6) is -0.966. The van der Waals surface area contributed by atoms with Crippen LogP contribution in [0.5, 0.6) is 0 Å². The number of sulfone groups is 1. The molecular weight excluding hydrogens is 357 g/mol. The first-order chi connectivity index (χ1) is 11.5. The van der Waals surface area contributed by atoms with Crippen molar-refractivity contribution in [3.63, 3.8) is 0 Å². The Labute approximate surface area is 142 Å². The van der Waals surface area contributed by atoms with Crippen LogP contribution in [0.2, 0.25) is 0 Å². The number of aromatic nitrogens is 1. The third-order valence-electron chi connectivity index (χ3n) is 3.44. The normalized spacial score (nSPS) is 12.0. The van der Waals surface area contributed by atoms with Gasteiger partial charge in [-0.05, 0) is 30.2 Å². The first kappa shape index (κ1) is 18.9. The van der Waals surface area contributed by atoms with Gasteiger partial charge in [0.2, 0.25) is 0 Å². The standard InChI is InChI=1S/C16H15F3N2O3S/c1-10-11(9-25(2,23)24)4-3-5-14(10)21-15(22)12-6-13(8-20-7-12)16(17,18)19/h3-8H,9H2,1-2H3,(H,21,22). The van der Waals surface area contributed by atoms with Gasteiger partial charge >= 0.3 is 6.18 Å². The minimum absolute atomic E-state index is 0.201. The minimum atomic E-state index is -4.60. The van der Waals surface area contributed by atoms with Gasteiger partial charge in [0.05, 0.1) is 16.9 Å². The molecule has 0 radical (unpaired) electrons. The number of nitrogens with one attached hydrogen (secondary N) is 1. The largest absolute Gasteiger partial charge is 0.417 e. The van der Waals surface area contributed by atoms with Crippen LogP contribution in [0.3, 0.4) is 0 Å². The van der Waals surface area contributed by atoms with E-state index < -0.39 is 27.5 Å². The fourth-order valence-electron chi connectivity index (χ4n) is 2.17. The van der Waals surface area contributed by atoms with Crippen molar-refractivity contribution in [2.45, 2.75) is 18.9 Å². The summed E-state index contributed by atoms with van der Waals surface area (Å²) < 4.78 is 61.0. The quantitative estimate of drug-likeness (QED) is 0.894. The Bertz CT molecular complexity index is 909. The number of pyridine rings is 1. The van der Waals surface area contributed by atoms with Gasteiger partial charge in [0, 0.05) is 24.3 Å². The van der Waals surface area contributed by atoms with Crippen molar-refractivity contribution in [1.82, 2.24) is 4.98 Å². The molecule has 5 nitrogen and oxygen atoms in total. The molecule has 25 heavy (non-hydrogen) atoms. The van der Waals surface area contributed by atoms with Crippen LogP contribution in [0.1, 0.15) is 27.0 Å². The molecule has 0 saturated carbocycles. The Morgan fingerprint density at radius 3 is 2.52 bits per heavy atom. The Kier molecular flexibility index (Phi) is 5.17. The van der Waals surface area contributed by atoms with Gasteiger partial charge in [-0.2, -0.15) is 13.2 Å². The highest BCUT2D eigenvalue weighted by Crippen LogP contribution is 2.29. The van der Waals surface area contributed by atoms with Crippen molar-refractivity contribution in [1.29, 1.82) is 0 Å². The first-order valence-electron chi connectivity index (χ1n) is 7.07. The number of hydrogen-bond acceptors (Lipinski definition) is 4. The molecule has 1 N–H and O–H groups in total. The van der Waals surface area contributed by atoms with Gasteiger partial charge in [0.1, 0.15) is 0 Å². The molecule has 0 aliphatic rings. The lowest BCUT2D eigenvalue weighted by Gasteiger charge is -2.13. The second kappa shape index (κ2) is 6.83. The lowest BCUT2D eigenvalue weighted by Crippen LogP contribution is -2.16. The number of carbonyl (C=O) groups is 1. The second-order valence-corrected chi connectivity index (χ2v) is 7.71. The molecule has 2 rings (SSSR count). The highest BCUT2D eigenvalue weighted by molar-refractivity contribution is 7.89. The minimum Gasteiger partial charge on any atom is -0.322 e. The van der Waals surface area contributed by atoms with Gasteiger partial charge in [-0.15, -0.1) is 0 Å². The van der Waals surface area contributed by atoms with E-state index in [1.165, 1.54) is 0 Å². The van der Waals surface area contributed by atoms with Gasteiger partial charge in [0.15, 0.2) is 9.84 Å². The molecule has 9 heteroatoms. The van der Waals surface area contributed by atoms with Gasteiger partial charge in [-0.3, -0.25) is 9.78 Å². The predicted molar refractivity (Wildman–Crippen MR) is 86.9 cm³/mol. The van der Waals surface area contributed by atoms with E-state index in [0.717, 1.165) is 12.5 Å². The topological polar surface area (TPSA) is 76.1 Å². The van der Waals surface area contributed by atoms with E-state index in [4.69, 9.17) is 0 Å². The summed E-state index contributed by atoms with van der Waals surface area (Å²) in [6, 6.07) is 5.42. The van der Waals surface area contributed by atoms with E-state index >= 15 is 0 Å². The SMILES string of the molecule is Cc1c(CS(C)(=O)=O)cccc1NC(=O)c1cncc(C(F)(F)F)c1. The summed E-state index contributed by atoms with van der Waals surface area (Å²) in [7, 11) is -3.27. The molecule has 1 aromatic carbocycles.